The highest BCUT2D eigenvalue weighted by Crippen LogP contribution is 2.45. The minimum absolute atomic E-state index is 0.00632. The number of aryl methyl sites for hydroxylation is 1. The van der Waals surface area contributed by atoms with Gasteiger partial charge in [0.05, 0.1) is 13.2 Å². The molecule has 0 N–H and O–H groups in total. The van der Waals surface area contributed by atoms with Gasteiger partial charge in [0.2, 0.25) is 0 Å². The number of ether oxygens (including phenoxy) is 2. The summed E-state index contributed by atoms with van der Waals surface area (Å²) in [4.78, 5) is 22.6. The van der Waals surface area contributed by atoms with E-state index in [4.69, 9.17) is 9.47 Å². The Balaban J connectivity index is 1.25. The quantitative estimate of drug-likeness (QED) is 0.0874. The minimum Gasteiger partial charge on any atom is -0.467 e. The molecule has 4 nitrogen and oxygen atoms in total. The third-order valence-electron chi connectivity index (χ3n) is 10.0. The molecule has 0 radical (unpaired) electrons. The fraction of sp³-hybridized carbons (Fsp3) is 0.579. The van der Waals surface area contributed by atoms with E-state index in [0.29, 0.717) is 40.9 Å². The van der Waals surface area contributed by atoms with E-state index in [9.17, 15) is 14.0 Å². The molecular weight excluding hydrogens is 558 g/mol. The maximum atomic E-state index is 15.4. The molecule has 2 aromatic rings. The molecule has 2 saturated carbocycles. The van der Waals surface area contributed by atoms with E-state index in [2.05, 4.69) is 13.5 Å². The average Bonchev–Trinajstić information content (AvgIpc) is 3.03. The number of benzene rings is 2. The van der Waals surface area contributed by atoms with Gasteiger partial charge in [-0.15, -0.1) is 0 Å². The van der Waals surface area contributed by atoms with E-state index >= 15 is 4.39 Å². The molecule has 240 valence electrons. The lowest BCUT2D eigenvalue weighted by Crippen LogP contribution is -2.28. The van der Waals surface area contributed by atoms with E-state index in [0.717, 1.165) is 81.8 Å². The van der Waals surface area contributed by atoms with Crippen LogP contribution in [0.1, 0.15) is 108 Å². The van der Waals surface area contributed by atoms with Crippen molar-refractivity contribution in [3.05, 3.63) is 71.3 Å². The van der Waals surface area contributed by atoms with Gasteiger partial charge in [0.1, 0.15) is 11.6 Å². The molecule has 2 fully saturated rings. The summed E-state index contributed by atoms with van der Waals surface area (Å²) in [6.07, 6.45) is 13.9. The van der Waals surface area contributed by atoms with Crippen LogP contribution < -0.4 is 0 Å². The van der Waals surface area contributed by atoms with Crippen LogP contribution in [0.5, 0.6) is 0 Å². The maximum Gasteiger partial charge on any atom is 0.333 e. The van der Waals surface area contributed by atoms with Crippen LogP contribution >= 0.6 is 0 Å². The van der Waals surface area contributed by atoms with Crippen LogP contribution in [0, 0.1) is 35.3 Å². The van der Waals surface area contributed by atoms with E-state index in [1.165, 1.54) is 18.9 Å². The Morgan fingerprint density at radius 2 is 1.64 bits per heavy atom. The lowest BCUT2D eigenvalue weighted by molar-refractivity contribution is -0.142. The molecular formula is C38H50F2O4. The van der Waals surface area contributed by atoms with Gasteiger partial charge in [-0.05, 0) is 117 Å². The second-order valence-electron chi connectivity index (χ2n) is 13.3. The predicted octanol–water partition coefficient (Wildman–Crippen LogP) is 9.74. The molecule has 6 heteroatoms. The topological polar surface area (TPSA) is 52.6 Å². The van der Waals surface area contributed by atoms with Crippen LogP contribution in [0.3, 0.4) is 0 Å². The van der Waals surface area contributed by atoms with Crippen molar-refractivity contribution in [3.8, 4) is 11.1 Å². The SMILES string of the molecule is C=C(C)C(=O)OCC(COC=O)CC1CCC(C2CCC(c3ccc(-c4ccc(CCCCC)cc4F)cc3F)CC2)CC1. The lowest BCUT2D eigenvalue weighted by Gasteiger charge is -2.38. The number of rotatable bonds is 15. The summed E-state index contributed by atoms with van der Waals surface area (Å²) in [5.74, 6) is 1.19. The Morgan fingerprint density at radius 3 is 2.25 bits per heavy atom. The van der Waals surface area contributed by atoms with Crippen molar-refractivity contribution in [2.24, 2.45) is 23.7 Å². The van der Waals surface area contributed by atoms with Gasteiger partial charge in [-0.2, -0.15) is 0 Å². The first-order chi connectivity index (χ1) is 21.3. The van der Waals surface area contributed by atoms with E-state index in [1.807, 2.05) is 18.2 Å². The molecule has 4 rings (SSSR count). The standard InChI is InChI=1S/C38H50F2O4/c1-4-5-6-7-27-10-18-35(36(39)21-27)33-17-19-34(37(40)22-33)32-15-13-31(14-16-32)30-11-8-28(9-12-30)20-29(23-43-25-41)24-44-38(42)26(2)3/h10,17-19,21-22,25,28-32H,2,4-9,11-16,20,23-24H2,1,3H3. The molecule has 44 heavy (non-hydrogen) atoms. The van der Waals surface area contributed by atoms with Crippen molar-refractivity contribution >= 4 is 12.4 Å². The molecule has 2 aromatic carbocycles. The van der Waals surface area contributed by atoms with Gasteiger partial charge in [-0.25, -0.2) is 13.6 Å². The van der Waals surface area contributed by atoms with Crippen molar-refractivity contribution in [2.75, 3.05) is 13.2 Å². The summed E-state index contributed by atoms with van der Waals surface area (Å²) in [5, 5.41) is 0. The number of halogens is 2. The molecule has 0 spiro atoms. The summed E-state index contributed by atoms with van der Waals surface area (Å²) in [7, 11) is 0. The largest absolute Gasteiger partial charge is 0.467 e. The molecule has 2 aliphatic carbocycles. The average molecular weight is 609 g/mol. The van der Waals surface area contributed by atoms with Crippen LogP contribution in [0.4, 0.5) is 8.78 Å². The van der Waals surface area contributed by atoms with E-state index in [-0.39, 0.29) is 36.7 Å². The molecule has 0 saturated heterocycles. The smallest absolute Gasteiger partial charge is 0.333 e. The van der Waals surface area contributed by atoms with Crippen LogP contribution in [0.2, 0.25) is 0 Å². The van der Waals surface area contributed by atoms with Gasteiger partial charge >= 0.3 is 5.97 Å². The van der Waals surface area contributed by atoms with Crippen molar-refractivity contribution in [3.63, 3.8) is 0 Å². The van der Waals surface area contributed by atoms with E-state index < -0.39 is 5.97 Å². The third kappa shape index (κ3) is 9.49. The molecule has 1 atom stereocenters. The molecule has 0 bridgehead atoms. The zero-order valence-corrected chi connectivity index (χ0v) is 26.6. The fourth-order valence-electron chi connectivity index (χ4n) is 7.50. The highest BCUT2D eigenvalue weighted by molar-refractivity contribution is 5.86. The minimum atomic E-state index is -0.409. The van der Waals surface area contributed by atoms with Gasteiger partial charge in [0, 0.05) is 17.1 Å². The molecule has 0 aromatic heterocycles. The zero-order chi connectivity index (χ0) is 31.5. The van der Waals surface area contributed by atoms with Gasteiger partial charge in [0.25, 0.3) is 6.47 Å². The van der Waals surface area contributed by atoms with Crippen molar-refractivity contribution < 1.29 is 27.8 Å². The van der Waals surface area contributed by atoms with Gasteiger partial charge in [-0.3, -0.25) is 4.79 Å². The highest BCUT2D eigenvalue weighted by Gasteiger charge is 2.33. The van der Waals surface area contributed by atoms with Crippen LogP contribution in [0.25, 0.3) is 11.1 Å². The number of hydrogen-bond acceptors (Lipinski definition) is 4. The Bertz CT molecular complexity index is 1240. The lowest BCUT2D eigenvalue weighted by atomic mass is 9.67. The molecule has 0 amide bonds. The first-order valence-corrected chi connectivity index (χ1v) is 16.7. The summed E-state index contributed by atoms with van der Waals surface area (Å²) >= 11 is 0. The summed E-state index contributed by atoms with van der Waals surface area (Å²) in [5.41, 5.74) is 3.19. The zero-order valence-electron chi connectivity index (χ0n) is 26.6. The summed E-state index contributed by atoms with van der Waals surface area (Å²) in [6.45, 7) is 8.35. The van der Waals surface area contributed by atoms with Crippen LogP contribution in [0.15, 0.2) is 48.6 Å². The Morgan fingerprint density at radius 1 is 0.932 bits per heavy atom. The molecule has 2 aliphatic rings. The molecule has 1 unspecified atom stereocenters. The van der Waals surface area contributed by atoms with Crippen LogP contribution in [-0.4, -0.2) is 25.7 Å². The Hall–Kier alpha value is -3.02. The second-order valence-corrected chi connectivity index (χ2v) is 13.3. The Kier molecular flexibility index (Phi) is 13.0. The first-order valence-electron chi connectivity index (χ1n) is 16.7. The summed E-state index contributed by atoms with van der Waals surface area (Å²) < 4.78 is 40.7. The summed E-state index contributed by atoms with van der Waals surface area (Å²) in [6, 6.07) is 10.7. The molecule has 0 heterocycles. The van der Waals surface area contributed by atoms with Crippen molar-refractivity contribution in [2.45, 2.75) is 103 Å². The monoisotopic (exact) mass is 608 g/mol. The predicted molar refractivity (Wildman–Crippen MR) is 171 cm³/mol. The number of unbranched alkanes of at least 4 members (excludes halogenated alkanes) is 2. The van der Waals surface area contributed by atoms with E-state index in [1.54, 1.807) is 19.1 Å². The first kappa shape index (κ1) is 33.9. The van der Waals surface area contributed by atoms with Crippen LogP contribution in [-0.2, 0) is 25.5 Å². The Labute approximate surface area is 262 Å². The number of hydrogen-bond donors (Lipinski definition) is 0. The van der Waals surface area contributed by atoms with Gasteiger partial charge in [0.15, 0.2) is 0 Å². The second kappa shape index (κ2) is 16.9. The highest BCUT2D eigenvalue weighted by atomic mass is 19.1. The van der Waals surface area contributed by atoms with Crippen molar-refractivity contribution in [1.82, 2.24) is 0 Å². The number of carbonyl (C=O) groups excluding carboxylic acids is 2. The number of carbonyl (C=O) groups is 2. The van der Waals surface area contributed by atoms with Gasteiger partial charge < -0.3 is 9.47 Å². The normalized spacial score (nSPS) is 22.6. The fourth-order valence-corrected chi connectivity index (χ4v) is 7.50. The maximum absolute atomic E-state index is 15.4. The number of esters is 1. The molecule has 0 aliphatic heterocycles. The third-order valence-corrected chi connectivity index (χ3v) is 10.0. The van der Waals surface area contributed by atoms with Gasteiger partial charge in [-0.1, -0.05) is 63.5 Å². The van der Waals surface area contributed by atoms with Crippen molar-refractivity contribution in [1.29, 1.82) is 0 Å².